The molecule has 0 spiro atoms. The van der Waals surface area contributed by atoms with E-state index in [1.165, 1.54) is 11.8 Å². The summed E-state index contributed by atoms with van der Waals surface area (Å²) in [6.07, 6.45) is 1.75. The molecule has 3 rings (SSSR count). The number of aliphatic imine (C=N–C) groups is 1. The van der Waals surface area contributed by atoms with E-state index in [4.69, 9.17) is 11.6 Å². The van der Waals surface area contributed by atoms with Crippen molar-refractivity contribution >= 4 is 62.1 Å². The van der Waals surface area contributed by atoms with E-state index in [1.807, 2.05) is 19.1 Å². The Labute approximate surface area is 156 Å². The van der Waals surface area contributed by atoms with Crippen molar-refractivity contribution in [3.8, 4) is 5.75 Å². The lowest BCUT2D eigenvalue weighted by Crippen LogP contribution is -2.19. The molecule has 1 fully saturated rings. The summed E-state index contributed by atoms with van der Waals surface area (Å²) in [6, 6.07) is 10.5. The van der Waals surface area contributed by atoms with Crippen LogP contribution in [0.4, 0.5) is 5.69 Å². The minimum Gasteiger partial charge on any atom is -0.507 e. The number of hydrogen-bond acceptors (Lipinski definition) is 4. The van der Waals surface area contributed by atoms with Crippen LogP contribution >= 0.6 is 39.3 Å². The Morgan fingerprint density at radius 3 is 2.88 bits per heavy atom. The first kappa shape index (κ1) is 17.1. The Morgan fingerprint density at radius 2 is 2.12 bits per heavy atom. The zero-order valence-electron chi connectivity index (χ0n) is 12.5. The Balaban J connectivity index is 1.88. The number of aromatic hydroxyl groups is 1. The van der Waals surface area contributed by atoms with E-state index in [0.717, 1.165) is 16.8 Å². The highest BCUT2D eigenvalue weighted by atomic mass is 79.9. The molecule has 2 N–H and O–H groups in total. The average molecular weight is 424 g/mol. The predicted octanol–water partition coefficient (Wildman–Crippen LogP) is 5.01. The molecule has 1 amide bonds. The van der Waals surface area contributed by atoms with Gasteiger partial charge in [-0.15, -0.1) is 0 Å². The van der Waals surface area contributed by atoms with Crippen molar-refractivity contribution in [2.24, 2.45) is 4.99 Å². The van der Waals surface area contributed by atoms with Crippen LogP contribution in [-0.4, -0.2) is 16.2 Å². The van der Waals surface area contributed by atoms with Crippen LogP contribution in [0.25, 0.3) is 6.08 Å². The number of rotatable bonds is 2. The Morgan fingerprint density at radius 1 is 1.33 bits per heavy atom. The Kier molecular flexibility index (Phi) is 4.99. The first-order chi connectivity index (χ1) is 11.4. The molecule has 0 saturated carbocycles. The number of amides is 1. The van der Waals surface area contributed by atoms with Crippen LogP contribution in [0.15, 0.2) is 50.8 Å². The van der Waals surface area contributed by atoms with Gasteiger partial charge in [-0.05, 0) is 76.1 Å². The number of phenolic OH excluding ortho intramolecular Hbond substituents is 1. The van der Waals surface area contributed by atoms with Gasteiger partial charge in [-0.25, -0.2) is 4.99 Å². The smallest absolute Gasteiger partial charge is 0.264 e. The highest BCUT2D eigenvalue weighted by Crippen LogP contribution is 2.32. The molecule has 2 aromatic rings. The fourth-order valence-corrected chi connectivity index (χ4v) is 3.47. The van der Waals surface area contributed by atoms with E-state index in [2.05, 4.69) is 26.2 Å². The first-order valence-electron chi connectivity index (χ1n) is 6.97. The number of halogens is 2. The summed E-state index contributed by atoms with van der Waals surface area (Å²) >= 11 is 10.6. The quantitative estimate of drug-likeness (QED) is 0.668. The maximum atomic E-state index is 12.1. The summed E-state index contributed by atoms with van der Waals surface area (Å²) < 4.78 is 0.573. The van der Waals surface area contributed by atoms with E-state index < -0.39 is 0 Å². The number of hydrogen-bond donors (Lipinski definition) is 2. The lowest BCUT2D eigenvalue weighted by atomic mass is 10.2. The van der Waals surface area contributed by atoms with Crippen molar-refractivity contribution in [2.45, 2.75) is 6.92 Å². The number of carbonyl (C=O) groups is 1. The minimum atomic E-state index is -0.206. The van der Waals surface area contributed by atoms with Crippen molar-refractivity contribution in [3.63, 3.8) is 0 Å². The van der Waals surface area contributed by atoms with Gasteiger partial charge in [0.15, 0.2) is 5.17 Å². The molecule has 0 atom stereocenters. The fourth-order valence-electron chi connectivity index (χ4n) is 2.07. The molecule has 1 heterocycles. The van der Waals surface area contributed by atoms with Gasteiger partial charge in [0, 0.05) is 5.02 Å². The molecule has 1 aliphatic heterocycles. The minimum absolute atomic E-state index is 0.152. The molecule has 1 saturated heterocycles. The van der Waals surface area contributed by atoms with Gasteiger partial charge in [0.05, 0.1) is 15.1 Å². The van der Waals surface area contributed by atoms with E-state index in [1.54, 1.807) is 30.3 Å². The maximum Gasteiger partial charge on any atom is 0.264 e. The molecule has 1 aliphatic rings. The number of thioether (sulfide) groups is 1. The van der Waals surface area contributed by atoms with Crippen LogP contribution in [0.2, 0.25) is 5.02 Å². The molecule has 0 aromatic heterocycles. The van der Waals surface area contributed by atoms with Gasteiger partial charge in [-0.2, -0.15) is 0 Å². The van der Waals surface area contributed by atoms with Crippen LogP contribution in [-0.2, 0) is 4.79 Å². The summed E-state index contributed by atoms with van der Waals surface area (Å²) in [5.74, 6) is -0.0537. The van der Waals surface area contributed by atoms with Gasteiger partial charge >= 0.3 is 0 Å². The van der Waals surface area contributed by atoms with Gasteiger partial charge in [-0.1, -0.05) is 23.7 Å². The van der Waals surface area contributed by atoms with E-state index in [9.17, 15) is 9.90 Å². The van der Waals surface area contributed by atoms with Crippen molar-refractivity contribution in [3.05, 3.63) is 61.9 Å². The normalized spacial score (nSPS) is 17.5. The van der Waals surface area contributed by atoms with Crippen LogP contribution < -0.4 is 5.32 Å². The van der Waals surface area contributed by atoms with Gasteiger partial charge < -0.3 is 10.4 Å². The summed E-state index contributed by atoms with van der Waals surface area (Å²) in [6.45, 7) is 1.88. The second-order valence-electron chi connectivity index (χ2n) is 5.08. The zero-order chi connectivity index (χ0) is 17.3. The fraction of sp³-hybridized carbons (Fsp3) is 0.0588. The van der Waals surface area contributed by atoms with Crippen LogP contribution in [0.1, 0.15) is 11.1 Å². The van der Waals surface area contributed by atoms with Crippen molar-refractivity contribution < 1.29 is 9.90 Å². The van der Waals surface area contributed by atoms with Gasteiger partial charge in [0.25, 0.3) is 5.91 Å². The van der Waals surface area contributed by atoms with Crippen molar-refractivity contribution in [1.82, 2.24) is 5.32 Å². The van der Waals surface area contributed by atoms with E-state index in [0.29, 0.717) is 19.6 Å². The van der Waals surface area contributed by atoms with Gasteiger partial charge in [0.2, 0.25) is 0 Å². The number of nitrogens with zero attached hydrogens (tertiary/aromatic N) is 1. The maximum absolute atomic E-state index is 12.1. The highest BCUT2D eigenvalue weighted by molar-refractivity contribution is 9.10. The van der Waals surface area contributed by atoms with Crippen LogP contribution in [0.3, 0.4) is 0 Å². The van der Waals surface area contributed by atoms with Crippen LogP contribution in [0, 0.1) is 6.92 Å². The summed E-state index contributed by atoms with van der Waals surface area (Å²) in [7, 11) is 0. The zero-order valence-corrected chi connectivity index (χ0v) is 15.7. The molecule has 7 heteroatoms. The summed E-state index contributed by atoms with van der Waals surface area (Å²) in [4.78, 5) is 17.1. The number of carbonyl (C=O) groups excluding carboxylic acids is 1. The number of nitrogens with one attached hydrogen (secondary N) is 1. The van der Waals surface area contributed by atoms with E-state index >= 15 is 0 Å². The molecule has 24 heavy (non-hydrogen) atoms. The van der Waals surface area contributed by atoms with Crippen molar-refractivity contribution in [1.29, 1.82) is 0 Å². The van der Waals surface area contributed by atoms with Gasteiger partial charge in [-0.3, -0.25) is 4.79 Å². The lowest BCUT2D eigenvalue weighted by molar-refractivity contribution is -0.115. The molecule has 122 valence electrons. The summed E-state index contributed by atoms with van der Waals surface area (Å²) in [5.41, 5.74) is 2.39. The third-order valence-electron chi connectivity index (χ3n) is 3.38. The lowest BCUT2D eigenvalue weighted by Gasteiger charge is -2.02. The topological polar surface area (TPSA) is 61.7 Å². The monoisotopic (exact) mass is 422 g/mol. The average Bonchev–Trinajstić information content (AvgIpc) is 2.87. The van der Waals surface area contributed by atoms with Gasteiger partial charge in [0.1, 0.15) is 5.75 Å². The number of amidine groups is 1. The van der Waals surface area contributed by atoms with Crippen LogP contribution in [0.5, 0.6) is 5.75 Å². The standard InChI is InChI=1S/C17H12BrClN2O2S/c1-9-12(19)3-2-4-13(9)20-17-21-16(23)15(24-17)8-10-5-6-14(22)11(18)7-10/h2-8,22H,1H3,(H,20,21,23)/b15-8-. The molecule has 0 radical (unpaired) electrons. The SMILES string of the molecule is Cc1c(Cl)cccc1N=C1NC(=O)/C(=C/c2ccc(O)c(Br)c2)S1. The van der Waals surface area contributed by atoms with E-state index in [-0.39, 0.29) is 11.7 Å². The largest absolute Gasteiger partial charge is 0.507 e. The molecular weight excluding hydrogens is 412 g/mol. The molecule has 0 bridgehead atoms. The molecular formula is C17H12BrClN2O2S. The Hall–Kier alpha value is -1.76. The Bertz CT molecular complexity index is 896. The molecule has 0 aliphatic carbocycles. The number of phenols is 1. The summed E-state index contributed by atoms with van der Waals surface area (Å²) in [5, 5.41) is 13.4. The highest BCUT2D eigenvalue weighted by Gasteiger charge is 2.24. The molecule has 0 unspecified atom stereocenters. The first-order valence-corrected chi connectivity index (χ1v) is 8.96. The molecule has 2 aromatic carbocycles. The third kappa shape index (κ3) is 3.66. The molecule has 4 nitrogen and oxygen atoms in total. The number of benzene rings is 2. The second-order valence-corrected chi connectivity index (χ2v) is 7.37. The predicted molar refractivity (Wildman–Crippen MR) is 103 cm³/mol. The third-order valence-corrected chi connectivity index (χ3v) is 5.34. The second kappa shape index (κ2) is 7.01. The van der Waals surface area contributed by atoms with Crippen molar-refractivity contribution in [2.75, 3.05) is 0 Å².